The fourth-order valence-electron chi connectivity index (χ4n) is 4.46. The van der Waals surface area contributed by atoms with Gasteiger partial charge in [-0.2, -0.15) is 4.98 Å². The van der Waals surface area contributed by atoms with E-state index in [4.69, 9.17) is 9.26 Å². The van der Waals surface area contributed by atoms with Gasteiger partial charge in [0.25, 0.3) is 5.89 Å². The number of carbonyl (C=O) groups is 1. The van der Waals surface area contributed by atoms with Crippen molar-refractivity contribution >= 4 is 28.9 Å². The van der Waals surface area contributed by atoms with Gasteiger partial charge in [0.15, 0.2) is 5.82 Å². The number of pyridine rings is 1. The lowest BCUT2D eigenvalue weighted by molar-refractivity contribution is 0.0139. The van der Waals surface area contributed by atoms with Crippen LogP contribution in [0.25, 0.3) is 22.5 Å². The van der Waals surface area contributed by atoms with Crippen molar-refractivity contribution < 1.29 is 14.1 Å². The number of fused-ring (bicyclic) bond motifs is 1. The zero-order valence-electron chi connectivity index (χ0n) is 23.2. The van der Waals surface area contributed by atoms with Gasteiger partial charge in [-0.15, -0.1) is 0 Å². The van der Waals surface area contributed by atoms with Crippen LogP contribution >= 0.6 is 0 Å². The molecule has 0 spiro atoms. The van der Waals surface area contributed by atoms with E-state index in [9.17, 15) is 4.79 Å². The van der Waals surface area contributed by atoms with Gasteiger partial charge in [0.1, 0.15) is 11.4 Å². The maximum atomic E-state index is 12.3. The van der Waals surface area contributed by atoms with Crippen LogP contribution in [0.5, 0.6) is 0 Å². The first kappa shape index (κ1) is 26.6. The van der Waals surface area contributed by atoms with Crippen LogP contribution in [0, 0.1) is 5.92 Å². The summed E-state index contributed by atoms with van der Waals surface area (Å²) in [7, 11) is 0. The van der Waals surface area contributed by atoms with Crippen LogP contribution in [0.2, 0.25) is 0 Å². The number of piperazine rings is 1. The third kappa shape index (κ3) is 6.91. The van der Waals surface area contributed by atoms with Crippen molar-refractivity contribution in [1.29, 1.82) is 0 Å². The second-order valence-corrected chi connectivity index (χ2v) is 11.3. The van der Waals surface area contributed by atoms with Crippen LogP contribution in [0.4, 0.5) is 16.6 Å². The molecule has 0 bridgehead atoms. The number of aromatic nitrogens is 5. The zero-order chi connectivity index (χ0) is 27.6. The Hall–Kier alpha value is -3.99. The van der Waals surface area contributed by atoms with Crippen molar-refractivity contribution in [3.63, 3.8) is 0 Å². The molecule has 206 valence electrons. The van der Waals surface area contributed by atoms with E-state index in [1.54, 1.807) is 11.1 Å². The molecule has 5 rings (SSSR count). The highest BCUT2D eigenvalue weighted by Gasteiger charge is 2.26. The molecule has 0 radical (unpaired) electrons. The molecule has 39 heavy (non-hydrogen) atoms. The number of benzene rings is 1. The Morgan fingerprint density at radius 3 is 2.67 bits per heavy atom. The minimum Gasteiger partial charge on any atom is -0.444 e. The number of rotatable bonds is 7. The largest absolute Gasteiger partial charge is 0.444 e. The Bertz CT molecular complexity index is 1430. The smallest absolute Gasteiger partial charge is 0.410 e. The lowest BCUT2D eigenvalue weighted by atomic mass is 10.1. The number of amides is 1. The lowest BCUT2D eigenvalue weighted by Crippen LogP contribution is -2.49. The predicted octanol–water partition coefficient (Wildman–Crippen LogP) is 5.00. The molecule has 1 fully saturated rings. The molecule has 3 aromatic heterocycles. The van der Waals surface area contributed by atoms with E-state index in [2.05, 4.69) is 49.2 Å². The van der Waals surface area contributed by atoms with Gasteiger partial charge in [0, 0.05) is 50.9 Å². The Morgan fingerprint density at radius 2 is 1.92 bits per heavy atom. The summed E-state index contributed by atoms with van der Waals surface area (Å²) in [5.41, 5.74) is 3.17. The van der Waals surface area contributed by atoms with Crippen LogP contribution in [-0.4, -0.2) is 72.8 Å². The van der Waals surface area contributed by atoms with E-state index in [0.29, 0.717) is 42.5 Å². The quantitative estimate of drug-likeness (QED) is 0.338. The van der Waals surface area contributed by atoms with Crippen LogP contribution in [-0.2, 0) is 17.7 Å². The van der Waals surface area contributed by atoms with Gasteiger partial charge < -0.3 is 24.5 Å². The van der Waals surface area contributed by atoms with Gasteiger partial charge in [0.05, 0.1) is 11.0 Å². The van der Waals surface area contributed by atoms with E-state index in [0.717, 1.165) is 48.2 Å². The fourth-order valence-corrected chi connectivity index (χ4v) is 4.46. The van der Waals surface area contributed by atoms with Gasteiger partial charge in [-0.25, -0.2) is 14.8 Å². The molecule has 1 aliphatic heterocycles. The second kappa shape index (κ2) is 11.0. The highest BCUT2D eigenvalue weighted by Crippen LogP contribution is 2.25. The monoisotopic (exact) mass is 532 g/mol. The van der Waals surface area contributed by atoms with E-state index < -0.39 is 5.60 Å². The predicted molar refractivity (Wildman–Crippen MR) is 149 cm³/mol. The van der Waals surface area contributed by atoms with Crippen molar-refractivity contribution in [3.05, 3.63) is 47.9 Å². The Kier molecular flexibility index (Phi) is 7.51. The molecule has 0 aliphatic carbocycles. The molecule has 2 N–H and O–H groups in total. The number of ether oxygens (including phenoxy) is 1. The number of nitrogens with zero attached hydrogens (tertiary/aromatic N) is 6. The van der Waals surface area contributed by atoms with Crippen LogP contribution < -0.4 is 5.32 Å². The SMILES string of the molecule is CC(C)Cc1noc(-c2ccc3nc(Nc4cc(CN5CCN(C(=O)OC(C)(C)C)CC5)ccn4)[nH]c3c2)n1. The first-order valence-corrected chi connectivity index (χ1v) is 13.4. The van der Waals surface area contributed by atoms with Gasteiger partial charge in [0.2, 0.25) is 5.95 Å². The first-order chi connectivity index (χ1) is 18.6. The fraction of sp³-hybridized carbons (Fsp3) is 0.464. The van der Waals surface area contributed by atoms with Gasteiger partial charge in [-0.1, -0.05) is 19.0 Å². The molecule has 0 atom stereocenters. The summed E-state index contributed by atoms with van der Waals surface area (Å²) in [5.74, 6) is 2.97. The average molecular weight is 533 g/mol. The average Bonchev–Trinajstić information content (AvgIpc) is 3.49. The Labute approximate surface area is 228 Å². The summed E-state index contributed by atoms with van der Waals surface area (Å²) in [6, 6.07) is 9.85. The molecule has 0 saturated carbocycles. The van der Waals surface area contributed by atoms with Gasteiger partial charge in [-0.05, 0) is 62.6 Å². The molecule has 11 heteroatoms. The van der Waals surface area contributed by atoms with Crippen molar-refractivity contribution in [2.45, 2.75) is 53.2 Å². The summed E-state index contributed by atoms with van der Waals surface area (Å²) in [4.78, 5) is 33.4. The number of anilines is 2. The molecule has 1 aromatic carbocycles. The molecule has 1 saturated heterocycles. The minimum absolute atomic E-state index is 0.247. The van der Waals surface area contributed by atoms with E-state index in [1.807, 2.05) is 51.1 Å². The third-order valence-electron chi connectivity index (χ3n) is 6.29. The van der Waals surface area contributed by atoms with Crippen molar-refractivity contribution in [2.24, 2.45) is 5.92 Å². The topological polar surface area (TPSA) is 125 Å². The minimum atomic E-state index is -0.484. The van der Waals surface area contributed by atoms with Crippen LogP contribution in [0.1, 0.15) is 46.0 Å². The molecular weight excluding hydrogens is 496 g/mol. The summed E-state index contributed by atoms with van der Waals surface area (Å²) in [6.45, 7) is 13.6. The zero-order valence-corrected chi connectivity index (χ0v) is 23.2. The van der Waals surface area contributed by atoms with Crippen molar-refractivity contribution in [2.75, 3.05) is 31.5 Å². The normalized spacial score (nSPS) is 14.8. The molecule has 4 heterocycles. The number of H-pyrrole nitrogens is 1. The van der Waals surface area contributed by atoms with E-state index in [1.165, 1.54) is 0 Å². The standard InChI is InChI=1S/C28H36N8O3/c1-18(2)14-24-32-25(39-34-24)20-6-7-21-22(16-20)31-26(30-21)33-23-15-19(8-9-29-23)17-35-10-12-36(13-11-35)27(37)38-28(3,4)5/h6-9,15-16,18H,10-14,17H2,1-5H3,(H2,29,30,31,33). The number of hydrogen-bond acceptors (Lipinski definition) is 9. The Balaban J connectivity index is 1.20. The Morgan fingerprint density at radius 1 is 1.13 bits per heavy atom. The molecular formula is C28H36N8O3. The molecule has 4 aromatic rings. The number of carbonyl (C=O) groups excluding carboxylic acids is 1. The second-order valence-electron chi connectivity index (χ2n) is 11.3. The molecule has 11 nitrogen and oxygen atoms in total. The van der Waals surface area contributed by atoms with E-state index in [-0.39, 0.29) is 6.09 Å². The summed E-state index contributed by atoms with van der Waals surface area (Å²) < 4.78 is 11.0. The lowest BCUT2D eigenvalue weighted by Gasteiger charge is -2.35. The molecule has 0 unspecified atom stereocenters. The highest BCUT2D eigenvalue weighted by atomic mass is 16.6. The molecule has 1 aliphatic rings. The summed E-state index contributed by atoms with van der Waals surface area (Å²) >= 11 is 0. The maximum Gasteiger partial charge on any atom is 0.410 e. The van der Waals surface area contributed by atoms with Gasteiger partial charge >= 0.3 is 6.09 Å². The summed E-state index contributed by atoms with van der Waals surface area (Å²) in [6.07, 6.45) is 2.32. The van der Waals surface area contributed by atoms with Crippen LogP contribution in [0.3, 0.4) is 0 Å². The van der Waals surface area contributed by atoms with Crippen LogP contribution in [0.15, 0.2) is 41.1 Å². The van der Waals surface area contributed by atoms with Crippen molar-refractivity contribution in [3.8, 4) is 11.5 Å². The van der Waals surface area contributed by atoms with Crippen molar-refractivity contribution in [1.82, 2.24) is 34.9 Å². The van der Waals surface area contributed by atoms with Gasteiger partial charge in [-0.3, -0.25) is 4.90 Å². The first-order valence-electron chi connectivity index (χ1n) is 13.4. The highest BCUT2D eigenvalue weighted by molar-refractivity contribution is 5.82. The number of nitrogens with one attached hydrogen (secondary N) is 2. The molecule has 1 amide bonds. The van der Waals surface area contributed by atoms with E-state index >= 15 is 0 Å². The summed E-state index contributed by atoms with van der Waals surface area (Å²) in [5, 5.41) is 7.37. The maximum absolute atomic E-state index is 12.3. The number of imidazole rings is 1. The number of aromatic amines is 1. The number of hydrogen-bond donors (Lipinski definition) is 2. The third-order valence-corrected chi connectivity index (χ3v) is 6.29.